The molecule has 0 aliphatic carbocycles. The third-order valence-electron chi connectivity index (χ3n) is 2.52. The average Bonchev–Trinajstić information content (AvgIpc) is 2.07. The zero-order valence-electron chi connectivity index (χ0n) is 7.73. The number of carboxylic acids is 1. The molecule has 4 atom stereocenters. The van der Waals surface area contributed by atoms with Crippen molar-refractivity contribution >= 4 is 5.97 Å². The SMILES string of the molecule is C=C1C(C)OC(C(=O)O)[C@@H](O)C1C. The second kappa shape index (κ2) is 3.47. The maximum absolute atomic E-state index is 10.6. The van der Waals surface area contributed by atoms with Crippen LogP contribution in [0.15, 0.2) is 12.2 Å². The van der Waals surface area contributed by atoms with Gasteiger partial charge in [-0.2, -0.15) is 0 Å². The third kappa shape index (κ3) is 1.73. The van der Waals surface area contributed by atoms with Gasteiger partial charge in [0.25, 0.3) is 0 Å². The molecule has 1 aliphatic rings. The number of ether oxygens (including phenoxy) is 1. The number of aliphatic carboxylic acids is 1. The summed E-state index contributed by atoms with van der Waals surface area (Å²) in [7, 11) is 0. The number of hydrogen-bond donors (Lipinski definition) is 2. The highest BCUT2D eigenvalue weighted by atomic mass is 16.5. The van der Waals surface area contributed by atoms with Crippen LogP contribution in [0.4, 0.5) is 0 Å². The molecule has 13 heavy (non-hydrogen) atoms. The molecule has 4 nitrogen and oxygen atoms in total. The van der Waals surface area contributed by atoms with E-state index < -0.39 is 18.2 Å². The molecule has 0 radical (unpaired) electrons. The zero-order chi connectivity index (χ0) is 10.2. The van der Waals surface area contributed by atoms with Crippen molar-refractivity contribution in [3.05, 3.63) is 12.2 Å². The number of aliphatic hydroxyl groups is 1. The third-order valence-corrected chi connectivity index (χ3v) is 2.52. The van der Waals surface area contributed by atoms with Crippen molar-refractivity contribution < 1.29 is 19.7 Å². The van der Waals surface area contributed by atoms with Crippen LogP contribution in [-0.4, -0.2) is 34.5 Å². The average molecular weight is 186 g/mol. The van der Waals surface area contributed by atoms with Crippen molar-refractivity contribution in [2.75, 3.05) is 0 Å². The van der Waals surface area contributed by atoms with Gasteiger partial charge in [0.15, 0.2) is 6.10 Å². The highest BCUT2D eigenvalue weighted by Crippen LogP contribution is 2.28. The van der Waals surface area contributed by atoms with Gasteiger partial charge in [-0.15, -0.1) is 0 Å². The largest absolute Gasteiger partial charge is 0.479 e. The summed E-state index contributed by atoms with van der Waals surface area (Å²) in [5, 5.41) is 18.2. The van der Waals surface area contributed by atoms with Gasteiger partial charge < -0.3 is 14.9 Å². The molecular formula is C9H14O4. The van der Waals surface area contributed by atoms with Gasteiger partial charge in [-0.25, -0.2) is 4.79 Å². The minimum absolute atomic E-state index is 0.232. The maximum atomic E-state index is 10.6. The first kappa shape index (κ1) is 10.2. The highest BCUT2D eigenvalue weighted by Gasteiger charge is 2.40. The van der Waals surface area contributed by atoms with Crippen LogP contribution >= 0.6 is 0 Å². The van der Waals surface area contributed by atoms with E-state index in [9.17, 15) is 9.90 Å². The van der Waals surface area contributed by atoms with Gasteiger partial charge in [0.05, 0.1) is 12.2 Å². The van der Waals surface area contributed by atoms with E-state index >= 15 is 0 Å². The van der Waals surface area contributed by atoms with Crippen LogP contribution in [0.1, 0.15) is 13.8 Å². The molecule has 3 unspecified atom stereocenters. The van der Waals surface area contributed by atoms with Crippen LogP contribution in [0, 0.1) is 5.92 Å². The first-order valence-electron chi connectivity index (χ1n) is 4.20. The Morgan fingerprint density at radius 1 is 1.54 bits per heavy atom. The fourth-order valence-corrected chi connectivity index (χ4v) is 1.44. The molecule has 1 saturated heterocycles. The second-order valence-electron chi connectivity index (χ2n) is 3.39. The van der Waals surface area contributed by atoms with Crippen molar-refractivity contribution in [3.63, 3.8) is 0 Å². The van der Waals surface area contributed by atoms with Gasteiger partial charge in [-0.3, -0.25) is 0 Å². The van der Waals surface area contributed by atoms with E-state index in [-0.39, 0.29) is 12.0 Å². The molecular weight excluding hydrogens is 172 g/mol. The predicted molar refractivity (Wildman–Crippen MR) is 46.3 cm³/mol. The standard InChI is InChI=1S/C9H14O4/c1-4-5(2)7(10)8(9(11)12)13-6(4)3/h5-8,10H,1H2,2-3H3,(H,11,12)/t5?,6?,7-,8?/m0/s1. The molecule has 74 valence electrons. The van der Waals surface area contributed by atoms with Gasteiger partial charge in [0.1, 0.15) is 0 Å². The molecule has 0 saturated carbocycles. The lowest BCUT2D eigenvalue weighted by Crippen LogP contribution is -2.48. The van der Waals surface area contributed by atoms with Crippen molar-refractivity contribution in [2.24, 2.45) is 5.92 Å². The summed E-state index contributed by atoms with van der Waals surface area (Å²) in [6.07, 6.45) is -2.43. The van der Waals surface area contributed by atoms with Crippen molar-refractivity contribution in [2.45, 2.75) is 32.2 Å². The summed E-state index contributed by atoms with van der Waals surface area (Å²) in [5.41, 5.74) is 0.741. The minimum atomic E-state index is -1.13. The highest BCUT2D eigenvalue weighted by molar-refractivity contribution is 5.73. The number of carbonyl (C=O) groups is 1. The lowest BCUT2D eigenvalue weighted by Gasteiger charge is -2.36. The number of rotatable bonds is 1. The molecule has 1 rings (SSSR count). The zero-order valence-corrected chi connectivity index (χ0v) is 7.73. The molecule has 0 aromatic heterocycles. The first-order chi connectivity index (χ1) is 5.95. The van der Waals surface area contributed by atoms with E-state index in [0.717, 1.165) is 5.57 Å². The lowest BCUT2D eigenvalue weighted by molar-refractivity contribution is -0.170. The summed E-state index contributed by atoms with van der Waals surface area (Å²) in [4.78, 5) is 10.6. The lowest BCUT2D eigenvalue weighted by atomic mass is 9.87. The Morgan fingerprint density at radius 3 is 2.54 bits per heavy atom. The Morgan fingerprint density at radius 2 is 2.08 bits per heavy atom. The number of aliphatic hydroxyl groups excluding tert-OH is 1. The van der Waals surface area contributed by atoms with Crippen LogP contribution < -0.4 is 0 Å². The van der Waals surface area contributed by atoms with Gasteiger partial charge in [-0.05, 0) is 12.5 Å². The first-order valence-corrected chi connectivity index (χ1v) is 4.20. The maximum Gasteiger partial charge on any atom is 0.335 e. The van der Waals surface area contributed by atoms with Crippen LogP contribution in [0.3, 0.4) is 0 Å². The smallest absolute Gasteiger partial charge is 0.335 e. The summed E-state index contributed by atoms with van der Waals surface area (Å²) >= 11 is 0. The quantitative estimate of drug-likeness (QED) is 0.582. The van der Waals surface area contributed by atoms with E-state index in [0.29, 0.717) is 0 Å². The minimum Gasteiger partial charge on any atom is -0.479 e. The number of hydrogen-bond acceptors (Lipinski definition) is 3. The van der Waals surface area contributed by atoms with E-state index in [1.54, 1.807) is 13.8 Å². The summed E-state index contributed by atoms with van der Waals surface area (Å²) < 4.78 is 5.09. The van der Waals surface area contributed by atoms with Crippen molar-refractivity contribution in [1.29, 1.82) is 0 Å². The topological polar surface area (TPSA) is 66.8 Å². The van der Waals surface area contributed by atoms with Gasteiger partial charge in [0.2, 0.25) is 0 Å². The summed E-state index contributed by atoms with van der Waals surface area (Å²) in [6, 6.07) is 0. The van der Waals surface area contributed by atoms with Crippen LogP contribution in [-0.2, 0) is 9.53 Å². The van der Waals surface area contributed by atoms with Gasteiger partial charge in [-0.1, -0.05) is 13.5 Å². The molecule has 0 amide bonds. The molecule has 1 fully saturated rings. The fourth-order valence-electron chi connectivity index (χ4n) is 1.44. The van der Waals surface area contributed by atoms with Crippen LogP contribution in [0.2, 0.25) is 0 Å². The normalized spacial score (nSPS) is 40.4. The Hall–Kier alpha value is -0.870. The molecule has 1 heterocycles. The summed E-state index contributed by atoms with van der Waals surface area (Å²) in [5.74, 6) is -1.36. The Labute approximate surface area is 76.8 Å². The molecule has 1 aliphatic heterocycles. The number of carboxylic acid groups (broad SMARTS) is 1. The van der Waals surface area contributed by atoms with E-state index in [2.05, 4.69) is 6.58 Å². The molecule has 0 aromatic carbocycles. The Bertz CT molecular complexity index is 236. The molecule has 0 bridgehead atoms. The summed E-state index contributed by atoms with van der Waals surface area (Å²) in [6.45, 7) is 7.23. The predicted octanol–water partition coefficient (Wildman–Crippen LogP) is 0.411. The second-order valence-corrected chi connectivity index (χ2v) is 3.39. The van der Waals surface area contributed by atoms with E-state index in [4.69, 9.17) is 9.84 Å². The fraction of sp³-hybridized carbons (Fsp3) is 0.667. The Kier molecular flexibility index (Phi) is 2.73. The van der Waals surface area contributed by atoms with Crippen molar-refractivity contribution in [3.8, 4) is 0 Å². The van der Waals surface area contributed by atoms with Crippen molar-refractivity contribution in [1.82, 2.24) is 0 Å². The van der Waals surface area contributed by atoms with E-state index in [1.165, 1.54) is 0 Å². The molecule has 2 N–H and O–H groups in total. The van der Waals surface area contributed by atoms with Gasteiger partial charge in [0, 0.05) is 5.92 Å². The molecule has 0 spiro atoms. The Balaban J connectivity index is 2.82. The molecule has 0 aromatic rings. The van der Waals surface area contributed by atoms with Crippen LogP contribution in [0.5, 0.6) is 0 Å². The van der Waals surface area contributed by atoms with Crippen LogP contribution in [0.25, 0.3) is 0 Å². The van der Waals surface area contributed by atoms with E-state index in [1.807, 2.05) is 0 Å². The molecule has 4 heteroatoms. The monoisotopic (exact) mass is 186 g/mol. The van der Waals surface area contributed by atoms with Gasteiger partial charge >= 0.3 is 5.97 Å².